The molecule has 0 aliphatic heterocycles. The summed E-state index contributed by atoms with van der Waals surface area (Å²) in [4.78, 5) is 13.4. The molecular formula is C16H19ClN6S. The summed E-state index contributed by atoms with van der Waals surface area (Å²) in [5, 5.41) is 5.78. The highest BCUT2D eigenvalue weighted by molar-refractivity contribution is 7.98. The Labute approximate surface area is 149 Å². The van der Waals surface area contributed by atoms with E-state index in [2.05, 4.69) is 38.5 Å². The predicted octanol–water partition coefficient (Wildman–Crippen LogP) is 2.97. The van der Waals surface area contributed by atoms with Crippen LogP contribution in [0.3, 0.4) is 0 Å². The number of aromatic nitrogens is 5. The summed E-state index contributed by atoms with van der Waals surface area (Å²) in [5.74, 6) is 0.782. The standard InChI is InChI=1S/C16H19ClN6S/c1-4-7-18-14-8-11(2)22(10-12-5-6-13(17)19-9-12)16-20-15(24-3)21-23(14)16/h5-6,8-9H,4,7,10H2,1-3H3/b18-14+. The van der Waals surface area contributed by atoms with Crippen LogP contribution in [0.25, 0.3) is 5.78 Å². The molecule has 0 aliphatic rings. The minimum atomic E-state index is 0.492. The molecule has 0 fully saturated rings. The average molecular weight is 363 g/mol. The van der Waals surface area contributed by atoms with Crippen molar-refractivity contribution < 1.29 is 0 Å². The molecule has 0 spiro atoms. The Morgan fingerprint density at radius 3 is 2.83 bits per heavy atom. The van der Waals surface area contributed by atoms with E-state index in [4.69, 9.17) is 11.6 Å². The molecule has 0 aliphatic carbocycles. The molecule has 0 saturated heterocycles. The van der Waals surface area contributed by atoms with Crippen LogP contribution in [0.4, 0.5) is 0 Å². The molecule has 24 heavy (non-hydrogen) atoms. The van der Waals surface area contributed by atoms with E-state index in [9.17, 15) is 0 Å². The van der Waals surface area contributed by atoms with Gasteiger partial charge in [-0.25, -0.2) is 4.98 Å². The van der Waals surface area contributed by atoms with Crippen molar-refractivity contribution in [3.05, 3.63) is 46.3 Å². The van der Waals surface area contributed by atoms with E-state index in [1.54, 1.807) is 12.3 Å². The second-order valence-electron chi connectivity index (χ2n) is 5.41. The molecule has 3 rings (SSSR count). The molecule has 3 aromatic heterocycles. The maximum Gasteiger partial charge on any atom is 0.235 e. The molecular weight excluding hydrogens is 344 g/mol. The summed E-state index contributed by atoms with van der Waals surface area (Å²) in [6.45, 7) is 5.59. The van der Waals surface area contributed by atoms with Crippen LogP contribution in [0.15, 0.2) is 34.5 Å². The molecule has 0 aromatic carbocycles. The van der Waals surface area contributed by atoms with Crippen molar-refractivity contribution in [2.75, 3.05) is 12.8 Å². The van der Waals surface area contributed by atoms with Crippen molar-refractivity contribution >= 4 is 29.1 Å². The summed E-state index contributed by atoms with van der Waals surface area (Å²) >= 11 is 7.39. The fourth-order valence-electron chi connectivity index (χ4n) is 2.40. The van der Waals surface area contributed by atoms with Gasteiger partial charge in [0.1, 0.15) is 5.15 Å². The van der Waals surface area contributed by atoms with Gasteiger partial charge in [-0.05, 0) is 31.2 Å². The van der Waals surface area contributed by atoms with Crippen LogP contribution < -0.4 is 5.49 Å². The predicted molar refractivity (Wildman–Crippen MR) is 96.6 cm³/mol. The van der Waals surface area contributed by atoms with Crippen molar-refractivity contribution in [3.8, 4) is 0 Å². The van der Waals surface area contributed by atoms with Gasteiger partial charge in [0.15, 0.2) is 5.49 Å². The van der Waals surface area contributed by atoms with Gasteiger partial charge >= 0.3 is 0 Å². The van der Waals surface area contributed by atoms with Gasteiger partial charge in [-0.1, -0.05) is 36.4 Å². The number of rotatable bonds is 5. The van der Waals surface area contributed by atoms with Crippen LogP contribution in [-0.4, -0.2) is 36.9 Å². The van der Waals surface area contributed by atoms with E-state index in [1.807, 2.05) is 22.9 Å². The normalized spacial score (nSPS) is 12.2. The largest absolute Gasteiger partial charge is 0.310 e. The Morgan fingerprint density at radius 2 is 2.17 bits per heavy atom. The van der Waals surface area contributed by atoms with E-state index in [1.165, 1.54) is 11.8 Å². The van der Waals surface area contributed by atoms with Crippen LogP contribution in [0.2, 0.25) is 5.15 Å². The first-order valence-corrected chi connectivity index (χ1v) is 9.34. The smallest absolute Gasteiger partial charge is 0.235 e. The lowest BCUT2D eigenvalue weighted by atomic mass is 10.2. The monoisotopic (exact) mass is 362 g/mol. The van der Waals surface area contributed by atoms with Gasteiger partial charge < -0.3 is 4.57 Å². The Kier molecular flexibility index (Phi) is 5.20. The molecule has 0 amide bonds. The van der Waals surface area contributed by atoms with Gasteiger partial charge in [-0.15, -0.1) is 5.10 Å². The number of aryl methyl sites for hydroxylation is 1. The van der Waals surface area contributed by atoms with Gasteiger partial charge in [-0.2, -0.15) is 9.50 Å². The topological polar surface area (TPSA) is 60.4 Å². The van der Waals surface area contributed by atoms with E-state index >= 15 is 0 Å². The molecule has 8 heteroatoms. The number of nitrogens with zero attached hydrogens (tertiary/aromatic N) is 6. The quantitative estimate of drug-likeness (QED) is 0.517. The summed E-state index contributed by atoms with van der Waals surface area (Å²) in [6, 6.07) is 5.82. The summed E-state index contributed by atoms with van der Waals surface area (Å²) in [5.41, 5.74) is 2.97. The van der Waals surface area contributed by atoms with Crippen molar-refractivity contribution in [2.24, 2.45) is 4.99 Å². The maximum atomic E-state index is 5.87. The summed E-state index contributed by atoms with van der Waals surface area (Å²) in [6.07, 6.45) is 4.75. The molecule has 0 saturated carbocycles. The summed E-state index contributed by atoms with van der Waals surface area (Å²) in [7, 11) is 0. The van der Waals surface area contributed by atoms with Crippen LogP contribution in [-0.2, 0) is 6.54 Å². The zero-order chi connectivity index (χ0) is 17.1. The molecule has 3 heterocycles. The zero-order valence-electron chi connectivity index (χ0n) is 13.9. The minimum Gasteiger partial charge on any atom is -0.310 e. The second-order valence-corrected chi connectivity index (χ2v) is 6.57. The lowest BCUT2D eigenvalue weighted by molar-refractivity contribution is 0.711. The van der Waals surface area contributed by atoms with Crippen LogP contribution in [0.1, 0.15) is 24.6 Å². The minimum absolute atomic E-state index is 0.492. The molecule has 0 unspecified atom stereocenters. The van der Waals surface area contributed by atoms with Crippen molar-refractivity contribution in [1.82, 2.24) is 24.1 Å². The molecule has 126 valence electrons. The number of pyridine rings is 1. The van der Waals surface area contributed by atoms with Gasteiger partial charge in [0.05, 0.1) is 6.54 Å². The van der Waals surface area contributed by atoms with E-state index < -0.39 is 0 Å². The number of fused-ring (bicyclic) bond motifs is 1. The fraction of sp³-hybridized carbons (Fsp3) is 0.375. The zero-order valence-corrected chi connectivity index (χ0v) is 15.5. The van der Waals surface area contributed by atoms with E-state index in [-0.39, 0.29) is 0 Å². The van der Waals surface area contributed by atoms with Gasteiger partial charge in [0, 0.05) is 24.5 Å². The second kappa shape index (κ2) is 7.36. The highest BCUT2D eigenvalue weighted by atomic mass is 35.5. The van der Waals surface area contributed by atoms with Gasteiger partial charge in [0.2, 0.25) is 10.9 Å². The van der Waals surface area contributed by atoms with E-state index in [0.717, 1.165) is 40.6 Å². The molecule has 3 aromatic rings. The van der Waals surface area contributed by atoms with Crippen molar-refractivity contribution in [3.63, 3.8) is 0 Å². The number of hydrogen-bond acceptors (Lipinski definition) is 5. The fourth-order valence-corrected chi connectivity index (χ4v) is 2.85. The number of hydrogen-bond donors (Lipinski definition) is 0. The first-order chi connectivity index (χ1) is 11.6. The SMILES string of the molecule is CCC/N=c1\cc(C)n(Cc2ccc(Cl)nc2)c2nc(SC)nn12. The highest BCUT2D eigenvalue weighted by Crippen LogP contribution is 2.14. The first kappa shape index (κ1) is 17.0. The maximum absolute atomic E-state index is 5.87. The third-order valence-electron chi connectivity index (χ3n) is 3.60. The third kappa shape index (κ3) is 3.47. The lowest BCUT2D eigenvalue weighted by Gasteiger charge is -2.12. The van der Waals surface area contributed by atoms with Crippen molar-refractivity contribution in [1.29, 1.82) is 0 Å². The Balaban J connectivity index is 2.15. The third-order valence-corrected chi connectivity index (χ3v) is 4.36. The number of thioether (sulfide) groups is 1. The lowest BCUT2D eigenvalue weighted by Crippen LogP contribution is -2.22. The average Bonchev–Trinajstić information content (AvgIpc) is 3.02. The Morgan fingerprint density at radius 1 is 1.33 bits per heavy atom. The van der Waals surface area contributed by atoms with Crippen LogP contribution >= 0.6 is 23.4 Å². The first-order valence-electron chi connectivity index (χ1n) is 7.74. The Hall–Kier alpha value is -1.86. The van der Waals surface area contributed by atoms with Crippen molar-refractivity contribution in [2.45, 2.75) is 32.0 Å². The molecule has 0 N–H and O–H groups in total. The van der Waals surface area contributed by atoms with Crippen LogP contribution in [0, 0.1) is 6.92 Å². The molecule has 0 bridgehead atoms. The molecule has 6 nitrogen and oxygen atoms in total. The van der Waals surface area contributed by atoms with Gasteiger partial charge in [0.25, 0.3) is 0 Å². The van der Waals surface area contributed by atoms with E-state index in [0.29, 0.717) is 11.7 Å². The highest BCUT2D eigenvalue weighted by Gasteiger charge is 2.11. The van der Waals surface area contributed by atoms with Gasteiger partial charge in [-0.3, -0.25) is 4.99 Å². The molecule has 0 radical (unpaired) electrons. The number of halogens is 1. The Bertz CT molecular complexity index is 913. The summed E-state index contributed by atoms with van der Waals surface area (Å²) < 4.78 is 3.93. The van der Waals surface area contributed by atoms with Crippen LogP contribution in [0.5, 0.6) is 0 Å². The molecule has 0 atom stereocenters.